The number of hydrogen-bond acceptors (Lipinski definition) is 6. The second kappa shape index (κ2) is 7.67. The standard InChI is InChI=1S/C25H27N3O5/c1-4-14-9-7-10-16-21(14)26-24(32)25(16)19-18(20(27-25)13(2)29)22(30)28(23(19)31)12-15-8-5-6-11-17(15)33-3/h5-11,13,18-20,27,29H,4,12H2,1-3H3,(H,26,32)/t13-,18+,19+,20-,25+/m1/s1. The van der Waals surface area contributed by atoms with E-state index in [1.54, 1.807) is 19.1 Å². The number of nitrogens with one attached hydrogen (secondary N) is 2. The molecule has 0 aliphatic carbocycles. The number of benzene rings is 2. The number of para-hydroxylation sites is 2. The van der Waals surface area contributed by atoms with Gasteiger partial charge in [0.1, 0.15) is 11.3 Å². The van der Waals surface area contributed by atoms with E-state index in [4.69, 9.17) is 4.74 Å². The molecule has 0 unspecified atom stereocenters. The fourth-order valence-corrected chi connectivity index (χ4v) is 5.75. The van der Waals surface area contributed by atoms with Gasteiger partial charge in [0.05, 0.1) is 31.6 Å². The highest BCUT2D eigenvalue weighted by Gasteiger charge is 2.71. The second-order valence-corrected chi connectivity index (χ2v) is 8.94. The van der Waals surface area contributed by atoms with E-state index in [9.17, 15) is 19.5 Å². The van der Waals surface area contributed by atoms with Crippen LogP contribution in [0.5, 0.6) is 5.75 Å². The quantitative estimate of drug-likeness (QED) is 0.598. The van der Waals surface area contributed by atoms with Crippen LogP contribution in [0.1, 0.15) is 30.5 Å². The third-order valence-corrected chi connectivity index (χ3v) is 7.28. The Morgan fingerprint density at radius 1 is 1.09 bits per heavy atom. The molecule has 0 saturated carbocycles. The fourth-order valence-electron chi connectivity index (χ4n) is 5.75. The number of carbonyl (C=O) groups excluding carboxylic acids is 3. The van der Waals surface area contributed by atoms with Crippen molar-refractivity contribution in [3.63, 3.8) is 0 Å². The van der Waals surface area contributed by atoms with Crippen molar-refractivity contribution in [2.75, 3.05) is 12.4 Å². The molecule has 3 aliphatic rings. The van der Waals surface area contributed by atoms with Crippen LogP contribution in [0.4, 0.5) is 5.69 Å². The molecule has 2 aromatic rings. The van der Waals surface area contributed by atoms with E-state index in [0.29, 0.717) is 29.0 Å². The monoisotopic (exact) mass is 449 g/mol. The molecular formula is C25H27N3O5. The Morgan fingerprint density at radius 2 is 1.82 bits per heavy atom. The van der Waals surface area contributed by atoms with Crippen LogP contribution in [0.15, 0.2) is 42.5 Å². The van der Waals surface area contributed by atoms with E-state index in [1.165, 1.54) is 12.0 Å². The minimum absolute atomic E-state index is 0.0424. The molecule has 8 nitrogen and oxygen atoms in total. The average molecular weight is 450 g/mol. The Hall–Kier alpha value is -3.23. The molecule has 0 bridgehead atoms. The zero-order valence-electron chi connectivity index (χ0n) is 18.8. The molecule has 2 fully saturated rings. The number of aliphatic hydroxyl groups excluding tert-OH is 1. The van der Waals surface area contributed by atoms with E-state index in [-0.39, 0.29) is 18.4 Å². The van der Waals surface area contributed by atoms with Gasteiger partial charge >= 0.3 is 0 Å². The third-order valence-electron chi connectivity index (χ3n) is 7.28. The number of likely N-dealkylation sites (tertiary alicyclic amines) is 1. The Kier molecular flexibility index (Phi) is 5.02. The number of nitrogens with zero attached hydrogens (tertiary/aromatic N) is 1. The maximum Gasteiger partial charge on any atom is 0.250 e. The number of aliphatic hydroxyl groups is 1. The van der Waals surface area contributed by atoms with Gasteiger partial charge in [-0.05, 0) is 25.0 Å². The van der Waals surface area contributed by atoms with Crippen LogP contribution in [0.25, 0.3) is 0 Å². The Bertz CT molecular complexity index is 1160. The first kappa shape index (κ1) is 21.6. The van der Waals surface area contributed by atoms with Crippen molar-refractivity contribution in [1.29, 1.82) is 0 Å². The zero-order valence-corrected chi connectivity index (χ0v) is 18.8. The summed E-state index contributed by atoms with van der Waals surface area (Å²) in [4.78, 5) is 42.1. The summed E-state index contributed by atoms with van der Waals surface area (Å²) >= 11 is 0. The summed E-state index contributed by atoms with van der Waals surface area (Å²) in [5.74, 6) is -2.40. The maximum absolute atomic E-state index is 13.8. The van der Waals surface area contributed by atoms with Crippen LogP contribution in [0.3, 0.4) is 0 Å². The number of aryl methyl sites for hydroxylation is 1. The summed E-state index contributed by atoms with van der Waals surface area (Å²) in [6.45, 7) is 3.61. The van der Waals surface area contributed by atoms with Crippen LogP contribution in [-0.2, 0) is 32.9 Å². The SMILES string of the molecule is CCc1cccc2c1NC(=O)[C@]21N[C@H]([C@@H](C)O)[C@H]2C(=O)N(Cc3ccccc3OC)C(=O)[C@H]21. The lowest BCUT2D eigenvalue weighted by atomic mass is 9.76. The summed E-state index contributed by atoms with van der Waals surface area (Å²) in [5.41, 5.74) is 1.59. The van der Waals surface area contributed by atoms with Gasteiger partial charge in [0.15, 0.2) is 0 Å². The van der Waals surface area contributed by atoms with Crippen molar-refractivity contribution in [3.05, 3.63) is 59.2 Å². The van der Waals surface area contributed by atoms with Crippen molar-refractivity contribution in [1.82, 2.24) is 10.2 Å². The van der Waals surface area contributed by atoms with Gasteiger partial charge in [0.2, 0.25) is 17.7 Å². The van der Waals surface area contributed by atoms with Gasteiger partial charge in [0, 0.05) is 22.9 Å². The molecule has 8 heteroatoms. The molecule has 5 atom stereocenters. The first-order valence-corrected chi connectivity index (χ1v) is 11.2. The van der Waals surface area contributed by atoms with Crippen LogP contribution in [0.2, 0.25) is 0 Å². The van der Waals surface area contributed by atoms with E-state index in [0.717, 1.165) is 5.56 Å². The van der Waals surface area contributed by atoms with Crippen molar-refractivity contribution in [2.24, 2.45) is 11.8 Å². The van der Waals surface area contributed by atoms with Crippen molar-refractivity contribution < 1.29 is 24.2 Å². The molecule has 33 heavy (non-hydrogen) atoms. The first-order chi connectivity index (χ1) is 15.8. The minimum Gasteiger partial charge on any atom is -0.496 e. The topological polar surface area (TPSA) is 108 Å². The number of anilines is 1. The molecule has 1 spiro atoms. The first-order valence-electron chi connectivity index (χ1n) is 11.2. The van der Waals surface area contributed by atoms with Gasteiger partial charge < -0.3 is 15.2 Å². The van der Waals surface area contributed by atoms with Crippen LogP contribution in [-0.4, -0.2) is 47.0 Å². The number of rotatable bonds is 5. The number of carbonyl (C=O) groups is 3. The predicted octanol–water partition coefficient (Wildman–Crippen LogP) is 1.56. The minimum atomic E-state index is -1.41. The lowest BCUT2D eigenvalue weighted by Crippen LogP contribution is -2.54. The highest BCUT2D eigenvalue weighted by Crippen LogP contribution is 2.54. The predicted molar refractivity (Wildman–Crippen MR) is 120 cm³/mol. The Morgan fingerprint density at radius 3 is 2.52 bits per heavy atom. The molecule has 172 valence electrons. The molecule has 2 aromatic carbocycles. The fraction of sp³-hybridized carbons (Fsp3) is 0.400. The molecular weight excluding hydrogens is 422 g/mol. The van der Waals surface area contributed by atoms with Gasteiger partial charge in [-0.15, -0.1) is 0 Å². The number of fused-ring (bicyclic) bond motifs is 4. The number of amides is 3. The maximum atomic E-state index is 13.8. The van der Waals surface area contributed by atoms with Crippen molar-refractivity contribution in [2.45, 2.75) is 44.5 Å². The third kappa shape index (κ3) is 2.87. The van der Waals surface area contributed by atoms with Gasteiger partial charge in [-0.25, -0.2) is 0 Å². The van der Waals surface area contributed by atoms with Crippen LogP contribution < -0.4 is 15.4 Å². The van der Waals surface area contributed by atoms with E-state index < -0.39 is 35.4 Å². The van der Waals surface area contributed by atoms with E-state index >= 15 is 0 Å². The largest absolute Gasteiger partial charge is 0.496 e. The van der Waals surface area contributed by atoms with Gasteiger partial charge in [-0.2, -0.15) is 0 Å². The average Bonchev–Trinajstić information content (AvgIpc) is 3.40. The van der Waals surface area contributed by atoms with E-state index in [2.05, 4.69) is 10.6 Å². The van der Waals surface area contributed by atoms with Crippen molar-refractivity contribution in [3.8, 4) is 5.75 Å². The Labute approximate surface area is 191 Å². The highest BCUT2D eigenvalue weighted by molar-refractivity contribution is 6.15. The zero-order chi connectivity index (χ0) is 23.5. The molecule has 5 rings (SSSR count). The van der Waals surface area contributed by atoms with E-state index in [1.807, 2.05) is 37.3 Å². The molecule has 2 saturated heterocycles. The summed E-state index contributed by atoms with van der Waals surface area (Å²) in [7, 11) is 1.54. The number of hydrogen-bond donors (Lipinski definition) is 3. The van der Waals surface area contributed by atoms with Crippen LogP contribution in [0, 0.1) is 11.8 Å². The number of methoxy groups -OCH3 is 1. The number of ether oxygens (including phenoxy) is 1. The summed E-state index contributed by atoms with van der Waals surface area (Å²) in [5, 5.41) is 16.7. The normalized spacial score (nSPS) is 28.8. The highest BCUT2D eigenvalue weighted by atomic mass is 16.5. The van der Waals surface area contributed by atoms with Gasteiger partial charge in [-0.3, -0.25) is 24.6 Å². The summed E-state index contributed by atoms with van der Waals surface area (Å²) < 4.78 is 5.40. The lowest BCUT2D eigenvalue weighted by Gasteiger charge is -2.30. The molecule has 3 aliphatic heterocycles. The van der Waals surface area contributed by atoms with Gasteiger partial charge in [0.25, 0.3) is 0 Å². The lowest BCUT2D eigenvalue weighted by molar-refractivity contribution is -0.143. The molecule has 3 heterocycles. The Balaban J connectivity index is 1.62. The number of imide groups is 1. The smallest absolute Gasteiger partial charge is 0.250 e. The van der Waals surface area contributed by atoms with Gasteiger partial charge in [-0.1, -0.05) is 43.3 Å². The van der Waals surface area contributed by atoms with Crippen LogP contribution >= 0.6 is 0 Å². The molecule has 3 amide bonds. The second-order valence-electron chi connectivity index (χ2n) is 8.94. The molecule has 0 aromatic heterocycles. The summed E-state index contributed by atoms with van der Waals surface area (Å²) in [6, 6.07) is 12.1. The molecule has 0 radical (unpaired) electrons. The van der Waals surface area contributed by atoms with Crippen molar-refractivity contribution >= 4 is 23.4 Å². The summed E-state index contributed by atoms with van der Waals surface area (Å²) in [6.07, 6.45) is -0.230. The molecule has 3 N–H and O–H groups in total.